The molecule has 0 aliphatic carbocycles. The van der Waals surface area contributed by atoms with Gasteiger partial charge in [0.15, 0.2) is 0 Å². The van der Waals surface area contributed by atoms with Gasteiger partial charge in [0.2, 0.25) is 0 Å². The van der Waals surface area contributed by atoms with Crippen LogP contribution >= 0.6 is 0 Å². The monoisotopic (exact) mass is 144 g/mol. The van der Waals surface area contributed by atoms with Crippen LogP contribution in [0.5, 0.6) is 0 Å². The molecule has 0 aliphatic rings. The molecule has 0 saturated heterocycles. The lowest BCUT2D eigenvalue weighted by Gasteiger charge is -2.09. The quantitative estimate of drug-likeness (QED) is 0.372. The Morgan fingerprint density at radius 2 is 2.00 bits per heavy atom. The summed E-state index contributed by atoms with van der Waals surface area (Å²) in [6, 6.07) is 0. The molecule has 1 amide bonds. The van der Waals surface area contributed by atoms with Gasteiger partial charge in [-0.3, -0.25) is 0 Å². The van der Waals surface area contributed by atoms with Crippen molar-refractivity contribution >= 4 is 11.9 Å². The number of amides is 1. The van der Waals surface area contributed by atoms with E-state index >= 15 is 0 Å². The van der Waals surface area contributed by atoms with E-state index in [1.165, 1.54) is 7.11 Å². The highest BCUT2D eigenvalue weighted by molar-refractivity contribution is 5.89. The summed E-state index contributed by atoms with van der Waals surface area (Å²) in [7, 11) is 4.92. The fourth-order valence-electron chi connectivity index (χ4n) is 0.278. The van der Waals surface area contributed by atoms with Gasteiger partial charge in [-0.15, -0.1) is 0 Å². The van der Waals surface area contributed by atoms with Crippen LogP contribution in [0.15, 0.2) is 4.99 Å². The number of carbonyl (C=O) groups excluding carboxylic acids is 1. The Morgan fingerprint density at radius 3 is 2.30 bits per heavy atom. The van der Waals surface area contributed by atoms with Gasteiger partial charge in [-0.2, -0.15) is 4.99 Å². The fraction of sp³-hybridized carbons (Fsp3) is 0.667. The van der Waals surface area contributed by atoms with Crippen molar-refractivity contribution in [1.29, 1.82) is 0 Å². The number of methoxy groups -OCH3 is 1. The Kier molecular flexibility index (Phi) is 3.46. The third-order valence-electron chi connectivity index (χ3n) is 1.07. The zero-order valence-corrected chi connectivity index (χ0v) is 6.71. The van der Waals surface area contributed by atoms with Crippen molar-refractivity contribution in [2.24, 2.45) is 4.99 Å². The Labute approximate surface area is 60.5 Å². The molecule has 0 aromatic carbocycles. The predicted molar refractivity (Wildman–Crippen MR) is 39.2 cm³/mol. The number of amidine groups is 1. The van der Waals surface area contributed by atoms with Gasteiger partial charge in [-0.25, -0.2) is 4.79 Å². The van der Waals surface area contributed by atoms with Crippen LogP contribution in [0.2, 0.25) is 0 Å². The van der Waals surface area contributed by atoms with Crippen LogP contribution in [-0.4, -0.2) is 38.0 Å². The second-order valence-corrected chi connectivity index (χ2v) is 2.02. The van der Waals surface area contributed by atoms with E-state index in [0.29, 0.717) is 5.84 Å². The van der Waals surface area contributed by atoms with Crippen molar-refractivity contribution in [3.05, 3.63) is 0 Å². The summed E-state index contributed by atoms with van der Waals surface area (Å²) in [6.45, 7) is 1.73. The minimum Gasteiger partial charge on any atom is -0.451 e. The maximum Gasteiger partial charge on any atom is 0.434 e. The molecule has 0 radical (unpaired) electrons. The highest BCUT2D eigenvalue weighted by Gasteiger charge is 1.97. The molecule has 0 bridgehead atoms. The Morgan fingerprint density at radius 1 is 1.50 bits per heavy atom. The summed E-state index contributed by atoms with van der Waals surface area (Å²) in [4.78, 5) is 15.8. The van der Waals surface area contributed by atoms with Gasteiger partial charge in [0.1, 0.15) is 5.84 Å². The lowest BCUT2D eigenvalue weighted by atomic mass is 10.6. The molecule has 0 aliphatic heterocycles. The standard InChI is InChI=1S/C6H12N2O2/c1-5(8(2)3)7-6(9)10-4/h1-4H3. The van der Waals surface area contributed by atoms with Crippen LogP contribution in [0, 0.1) is 0 Å². The van der Waals surface area contributed by atoms with E-state index < -0.39 is 6.09 Å². The van der Waals surface area contributed by atoms with E-state index in [0.717, 1.165) is 0 Å². The van der Waals surface area contributed by atoms with Gasteiger partial charge in [-0.1, -0.05) is 0 Å². The van der Waals surface area contributed by atoms with Crippen molar-refractivity contribution < 1.29 is 9.53 Å². The fourth-order valence-corrected chi connectivity index (χ4v) is 0.278. The zero-order valence-electron chi connectivity index (χ0n) is 6.71. The van der Waals surface area contributed by atoms with Gasteiger partial charge in [-0.05, 0) is 6.92 Å². The lowest BCUT2D eigenvalue weighted by molar-refractivity contribution is 0.182. The molecular formula is C6H12N2O2. The Balaban J connectivity index is 4.03. The number of hydrogen-bond acceptors (Lipinski definition) is 2. The summed E-state index contributed by atoms with van der Waals surface area (Å²) in [6.07, 6.45) is -0.564. The molecule has 58 valence electrons. The van der Waals surface area contributed by atoms with Crippen molar-refractivity contribution in [3.8, 4) is 0 Å². The molecule has 0 aromatic heterocycles. The molecular weight excluding hydrogens is 132 g/mol. The van der Waals surface area contributed by atoms with Crippen molar-refractivity contribution in [3.63, 3.8) is 0 Å². The lowest BCUT2D eigenvalue weighted by Crippen LogP contribution is -2.19. The van der Waals surface area contributed by atoms with Crippen LogP contribution in [0.3, 0.4) is 0 Å². The van der Waals surface area contributed by atoms with Crippen molar-refractivity contribution in [2.75, 3.05) is 21.2 Å². The third-order valence-corrected chi connectivity index (χ3v) is 1.07. The number of hydrogen-bond donors (Lipinski definition) is 0. The SMILES string of the molecule is COC(=O)N=C(C)N(C)C. The largest absolute Gasteiger partial charge is 0.451 e. The molecule has 0 rings (SSSR count). The van der Waals surface area contributed by atoms with Crippen molar-refractivity contribution in [1.82, 2.24) is 4.90 Å². The minimum absolute atomic E-state index is 0.564. The minimum atomic E-state index is -0.564. The molecule has 0 fully saturated rings. The van der Waals surface area contributed by atoms with Crippen LogP contribution in [0.1, 0.15) is 6.92 Å². The van der Waals surface area contributed by atoms with E-state index in [1.807, 2.05) is 14.1 Å². The molecule has 0 atom stereocenters. The van der Waals surface area contributed by atoms with E-state index in [1.54, 1.807) is 11.8 Å². The molecule has 4 heteroatoms. The van der Waals surface area contributed by atoms with Gasteiger partial charge in [0.25, 0.3) is 0 Å². The average Bonchev–Trinajstić information content (AvgIpc) is 1.87. The number of nitrogens with zero attached hydrogens (tertiary/aromatic N) is 2. The molecule has 0 N–H and O–H groups in total. The molecule has 0 aromatic rings. The van der Waals surface area contributed by atoms with E-state index in [-0.39, 0.29) is 0 Å². The molecule has 0 unspecified atom stereocenters. The number of ether oxygens (including phenoxy) is 1. The first-order chi connectivity index (χ1) is 4.57. The van der Waals surface area contributed by atoms with Gasteiger partial charge in [0.05, 0.1) is 7.11 Å². The summed E-state index contributed by atoms with van der Waals surface area (Å²) < 4.78 is 4.32. The summed E-state index contributed by atoms with van der Waals surface area (Å²) in [5.41, 5.74) is 0. The third kappa shape index (κ3) is 3.06. The maximum absolute atomic E-state index is 10.5. The first-order valence-electron chi connectivity index (χ1n) is 2.88. The maximum atomic E-state index is 10.5. The average molecular weight is 144 g/mol. The molecule has 0 spiro atoms. The normalized spacial score (nSPS) is 11.0. The van der Waals surface area contributed by atoms with Gasteiger partial charge < -0.3 is 9.64 Å². The van der Waals surface area contributed by atoms with Gasteiger partial charge in [0, 0.05) is 14.1 Å². The second kappa shape index (κ2) is 3.87. The zero-order chi connectivity index (χ0) is 8.15. The number of carbonyl (C=O) groups is 1. The Hall–Kier alpha value is -1.06. The summed E-state index contributed by atoms with van der Waals surface area (Å²) in [5.74, 6) is 0.631. The molecule has 4 nitrogen and oxygen atoms in total. The van der Waals surface area contributed by atoms with Crippen LogP contribution in [-0.2, 0) is 4.74 Å². The van der Waals surface area contributed by atoms with Crippen molar-refractivity contribution in [2.45, 2.75) is 6.92 Å². The van der Waals surface area contributed by atoms with Crippen LogP contribution < -0.4 is 0 Å². The number of rotatable bonds is 0. The van der Waals surface area contributed by atoms with Crippen LogP contribution in [0.25, 0.3) is 0 Å². The second-order valence-electron chi connectivity index (χ2n) is 2.02. The van der Waals surface area contributed by atoms with E-state index in [9.17, 15) is 4.79 Å². The first kappa shape index (κ1) is 8.94. The smallest absolute Gasteiger partial charge is 0.434 e. The highest BCUT2D eigenvalue weighted by Crippen LogP contribution is 1.85. The molecule has 0 saturated carbocycles. The first-order valence-corrected chi connectivity index (χ1v) is 2.88. The van der Waals surface area contributed by atoms with Crippen LogP contribution in [0.4, 0.5) is 4.79 Å². The number of aliphatic imine (C=N–C) groups is 1. The highest BCUT2D eigenvalue weighted by atomic mass is 16.5. The summed E-state index contributed by atoms with van der Waals surface area (Å²) >= 11 is 0. The predicted octanol–water partition coefficient (Wildman–Crippen LogP) is 0.733. The molecule has 0 heterocycles. The Bertz CT molecular complexity index is 152. The van der Waals surface area contributed by atoms with E-state index in [2.05, 4.69) is 9.73 Å². The molecule has 10 heavy (non-hydrogen) atoms. The van der Waals surface area contributed by atoms with Gasteiger partial charge >= 0.3 is 6.09 Å². The van der Waals surface area contributed by atoms with E-state index in [4.69, 9.17) is 0 Å². The summed E-state index contributed by atoms with van der Waals surface area (Å²) in [5, 5.41) is 0. The topological polar surface area (TPSA) is 41.9 Å².